The number of aliphatic hydroxyl groups is 1. The number of aliphatic hydroxyl groups excluding tert-OH is 1. The molecule has 4 heteroatoms. The van der Waals surface area contributed by atoms with Gasteiger partial charge in [0.05, 0.1) is 6.10 Å². The van der Waals surface area contributed by atoms with E-state index in [1.165, 1.54) is 9.77 Å². The average Bonchev–Trinajstić information content (AvgIpc) is 2.73. The molecule has 0 bridgehead atoms. The van der Waals surface area contributed by atoms with Crippen molar-refractivity contribution in [1.82, 2.24) is 0 Å². The van der Waals surface area contributed by atoms with Gasteiger partial charge in [-0.3, -0.25) is 0 Å². The van der Waals surface area contributed by atoms with Gasteiger partial charge in [0.15, 0.2) is 0 Å². The Morgan fingerprint density at radius 2 is 2.24 bits per heavy atom. The molecule has 0 saturated carbocycles. The molecule has 1 heterocycles. The van der Waals surface area contributed by atoms with Crippen LogP contribution >= 0.6 is 39.0 Å². The molecule has 1 aromatic carbocycles. The minimum Gasteiger partial charge on any atom is -0.389 e. The Morgan fingerprint density at radius 1 is 1.41 bits per heavy atom. The van der Waals surface area contributed by atoms with Crippen LogP contribution < -0.4 is 0 Å². The van der Waals surface area contributed by atoms with Crippen LogP contribution in [0.1, 0.15) is 23.5 Å². The second-order valence-electron chi connectivity index (χ2n) is 3.77. The maximum atomic E-state index is 9.52. The molecule has 1 aromatic heterocycles. The molecule has 2 aromatic rings. The molecule has 0 amide bonds. The Hall–Kier alpha value is -0.290. The van der Waals surface area contributed by atoms with Gasteiger partial charge in [-0.2, -0.15) is 0 Å². The third-order valence-electron chi connectivity index (χ3n) is 2.34. The lowest BCUT2D eigenvalue weighted by molar-refractivity contribution is 0.199. The smallest absolute Gasteiger partial charge is 0.0762 e. The lowest BCUT2D eigenvalue weighted by Gasteiger charge is -2.06. The van der Waals surface area contributed by atoms with E-state index in [-0.39, 0.29) is 0 Å². The van der Waals surface area contributed by atoms with E-state index in [4.69, 9.17) is 0 Å². The molecule has 0 aliphatic rings. The van der Waals surface area contributed by atoms with Crippen LogP contribution in [0.5, 0.6) is 0 Å². The molecule has 2 rings (SSSR count). The average molecular weight is 329 g/mol. The van der Waals surface area contributed by atoms with E-state index in [2.05, 4.69) is 39.5 Å². The monoisotopic (exact) mass is 328 g/mol. The van der Waals surface area contributed by atoms with Gasteiger partial charge in [-0.15, -0.1) is 23.1 Å². The summed E-state index contributed by atoms with van der Waals surface area (Å²) in [6.45, 7) is 1.79. The zero-order chi connectivity index (χ0) is 12.3. The van der Waals surface area contributed by atoms with Crippen LogP contribution in [0.15, 0.2) is 45.1 Å². The summed E-state index contributed by atoms with van der Waals surface area (Å²) < 4.78 is 1.15. The van der Waals surface area contributed by atoms with E-state index in [1.807, 2.05) is 12.1 Å². The Balaban J connectivity index is 2.01. The van der Waals surface area contributed by atoms with Crippen LogP contribution in [0.2, 0.25) is 0 Å². The highest BCUT2D eigenvalue weighted by Gasteiger charge is 2.03. The van der Waals surface area contributed by atoms with Crippen molar-refractivity contribution in [2.24, 2.45) is 0 Å². The van der Waals surface area contributed by atoms with E-state index < -0.39 is 6.10 Å². The van der Waals surface area contributed by atoms with Crippen LogP contribution in [0, 0.1) is 0 Å². The molecule has 0 spiro atoms. The van der Waals surface area contributed by atoms with Gasteiger partial charge in [0.25, 0.3) is 0 Å². The van der Waals surface area contributed by atoms with Gasteiger partial charge in [0.1, 0.15) is 0 Å². The summed E-state index contributed by atoms with van der Waals surface area (Å²) in [5, 5.41) is 11.6. The molecule has 0 fully saturated rings. The first-order chi connectivity index (χ1) is 8.15. The van der Waals surface area contributed by atoms with E-state index in [9.17, 15) is 5.11 Å². The van der Waals surface area contributed by atoms with Crippen molar-refractivity contribution in [1.29, 1.82) is 0 Å². The molecule has 0 aliphatic carbocycles. The highest BCUT2D eigenvalue weighted by Crippen LogP contribution is 2.29. The molecule has 1 atom stereocenters. The fourth-order valence-electron chi connectivity index (χ4n) is 1.45. The van der Waals surface area contributed by atoms with Gasteiger partial charge in [0.2, 0.25) is 0 Å². The largest absolute Gasteiger partial charge is 0.389 e. The summed E-state index contributed by atoms with van der Waals surface area (Å²) in [5.41, 5.74) is 0.974. The van der Waals surface area contributed by atoms with Crippen LogP contribution in [0.3, 0.4) is 0 Å². The van der Waals surface area contributed by atoms with Crippen molar-refractivity contribution in [3.63, 3.8) is 0 Å². The van der Waals surface area contributed by atoms with Crippen molar-refractivity contribution in [2.45, 2.75) is 23.7 Å². The lowest BCUT2D eigenvalue weighted by Crippen LogP contribution is -1.90. The fraction of sp³-hybridized carbons (Fsp3) is 0.231. The predicted molar refractivity (Wildman–Crippen MR) is 78.7 cm³/mol. The highest BCUT2D eigenvalue weighted by molar-refractivity contribution is 9.10. The molecule has 0 saturated heterocycles. The summed E-state index contributed by atoms with van der Waals surface area (Å²) in [5.74, 6) is 0.972. The Bertz CT molecular complexity index is 494. The van der Waals surface area contributed by atoms with Crippen LogP contribution in [0.25, 0.3) is 0 Å². The predicted octanol–water partition coefficient (Wildman–Crippen LogP) is 4.86. The van der Waals surface area contributed by atoms with Crippen molar-refractivity contribution < 1.29 is 5.11 Å². The summed E-state index contributed by atoms with van der Waals surface area (Å²) >= 11 is 7.02. The van der Waals surface area contributed by atoms with Crippen molar-refractivity contribution in [2.75, 3.05) is 0 Å². The molecule has 17 heavy (non-hydrogen) atoms. The summed E-state index contributed by atoms with van der Waals surface area (Å²) in [6.07, 6.45) is -0.397. The Labute approximate surface area is 118 Å². The van der Waals surface area contributed by atoms with Crippen molar-refractivity contribution in [3.05, 3.63) is 50.6 Å². The zero-order valence-electron chi connectivity index (χ0n) is 9.39. The number of hydrogen-bond acceptors (Lipinski definition) is 3. The molecule has 0 radical (unpaired) electrons. The fourth-order valence-corrected chi connectivity index (χ4v) is 3.92. The molecule has 90 valence electrons. The third kappa shape index (κ3) is 3.85. The van der Waals surface area contributed by atoms with Crippen LogP contribution in [-0.2, 0) is 5.75 Å². The summed E-state index contributed by atoms with van der Waals surface area (Å²) in [4.78, 5) is 2.55. The molecule has 1 N–H and O–H groups in total. The Kier molecular flexibility index (Phi) is 4.68. The van der Waals surface area contributed by atoms with E-state index >= 15 is 0 Å². The zero-order valence-corrected chi connectivity index (χ0v) is 12.6. The minimum absolute atomic E-state index is 0.397. The molecular weight excluding hydrogens is 316 g/mol. The minimum atomic E-state index is -0.397. The molecule has 1 nitrogen and oxygen atoms in total. The molecule has 0 aliphatic heterocycles. The van der Waals surface area contributed by atoms with Crippen molar-refractivity contribution >= 4 is 39.0 Å². The van der Waals surface area contributed by atoms with Gasteiger partial charge in [-0.1, -0.05) is 12.1 Å². The van der Waals surface area contributed by atoms with Gasteiger partial charge in [0, 0.05) is 25.4 Å². The maximum Gasteiger partial charge on any atom is 0.0762 e. The quantitative estimate of drug-likeness (QED) is 0.809. The first-order valence-corrected chi connectivity index (χ1v) is 7.95. The lowest BCUT2D eigenvalue weighted by atomic mass is 10.1. The third-order valence-corrected chi connectivity index (χ3v) is 5.27. The van der Waals surface area contributed by atoms with E-state index in [0.29, 0.717) is 0 Å². The van der Waals surface area contributed by atoms with Gasteiger partial charge < -0.3 is 5.11 Å². The Morgan fingerprint density at radius 3 is 2.88 bits per heavy atom. The maximum absolute atomic E-state index is 9.52. The number of halogens is 1. The van der Waals surface area contributed by atoms with Crippen LogP contribution in [-0.4, -0.2) is 5.11 Å². The van der Waals surface area contributed by atoms with Gasteiger partial charge in [-0.25, -0.2) is 0 Å². The second-order valence-corrected chi connectivity index (χ2v) is 6.73. The first kappa shape index (κ1) is 13.1. The van der Waals surface area contributed by atoms with E-state index in [1.54, 1.807) is 30.0 Å². The van der Waals surface area contributed by atoms with Crippen molar-refractivity contribution in [3.8, 4) is 0 Å². The normalized spacial score (nSPS) is 12.6. The molecular formula is C13H13BrOS2. The molecule has 1 unspecified atom stereocenters. The topological polar surface area (TPSA) is 20.2 Å². The number of hydrogen-bond donors (Lipinski definition) is 1. The number of thioether (sulfide) groups is 1. The summed E-state index contributed by atoms with van der Waals surface area (Å²) in [6, 6.07) is 10.2. The standard InChI is InChI=1S/C13H13BrOS2/c1-9(15)10-3-2-4-12(5-10)17-8-13-6-11(14)7-16-13/h2-7,9,15H,8H2,1H3. The second kappa shape index (κ2) is 6.05. The first-order valence-electron chi connectivity index (χ1n) is 5.29. The van der Waals surface area contributed by atoms with E-state index in [0.717, 1.165) is 15.8 Å². The van der Waals surface area contributed by atoms with Crippen LogP contribution in [0.4, 0.5) is 0 Å². The number of rotatable bonds is 4. The summed E-state index contributed by atoms with van der Waals surface area (Å²) in [7, 11) is 0. The number of benzene rings is 1. The highest BCUT2D eigenvalue weighted by atomic mass is 79.9. The SMILES string of the molecule is CC(O)c1cccc(SCc2cc(Br)cs2)c1. The van der Waals surface area contributed by atoms with Gasteiger partial charge >= 0.3 is 0 Å². The van der Waals surface area contributed by atoms with Gasteiger partial charge in [-0.05, 0) is 46.6 Å². The number of thiophene rings is 1.